The molecule has 0 bridgehead atoms. The van der Waals surface area contributed by atoms with Crippen molar-refractivity contribution < 1.29 is 28.2 Å². The number of aryl methyl sites for hydroxylation is 1. The summed E-state index contributed by atoms with van der Waals surface area (Å²) < 4.78 is 33.0. The molecule has 6 nitrogen and oxygen atoms in total. The Morgan fingerprint density at radius 3 is 2.50 bits per heavy atom. The first-order valence-corrected chi connectivity index (χ1v) is 14.6. The quantitative estimate of drug-likeness (QED) is 0.185. The van der Waals surface area contributed by atoms with Gasteiger partial charge in [0.05, 0.1) is 0 Å². The van der Waals surface area contributed by atoms with Crippen LogP contribution in [0.15, 0.2) is 79.1 Å². The van der Waals surface area contributed by atoms with Crippen molar-refractivity contribution in [1.29, 1.82) is 0 Å². The first kappa shape index (κ1) is 30.5. The number of nitrogens with one attached hydrogen (secondary N) is 1. The molecular weight excluding hydrogens is 558 g/mol. The Labute approximate surface area is 247 Å². The van der Waals surface area contributed by atoms with Crippen LogP contribution in [0, 0.1) is 18.6 Å². The van der Waals surface area contributed by atoms with E-state index < -0.39 is 29.6 Å². The number of carboxylic acid groups (broad SMARTS) is 1. The van der Waals surface area contributed by atoms with Gasteiger partial charge in [0, 0.05) is 29.6 Å². The van der Waals surface area contributed by atoms with Crippen LogP contribution in [0.2, 0.25) is 0 Å². The van der Waals surface area contributed by atoms with Gasteiger partial charge in [-0.1, -0.05) is 36.4 Å². The van der Waals surface area contributed by atoms with E-state index in [1.165, 1.54) is 23.9 Å². The fourth-order valence-electron chi connectivity index (χ4n) is 4.38. The molecular formula is C33H30F2N2O4S. The van der Waals surface area contributed by atoms with E-state index in [4.69, 9.17) is 4.74 Å². The summed E-state index contributed by atoms with van der Waals surface area (Å²) in [5, 5.41) is 12.3. The van der Waals surface area contributed by atoms with Crippen molar-refractivity contribution in [3.63, 3.8) is 0 Å². The van der Waals surface area contributed by atoms with Crippen molar-refractivity contribution in [3.8, 4) is 16.9 Å². The number of carbonyl (C=O) groups is 2. The Morgan fingerprint density at radius 2 is 1.79 bits per heavy atom. The van der Waals surface area contributed by atoms with Crippen molar-refractivity contribution in [2.75, 3.05) is 12.0 Å². The lowest BCUT2D eigenvalue weighted by atomic mass is 9.93. The highest BCUT2D eigenvalue weighted by molar-refractivity contribution is 7.98. The molecule has 9 heteroatoms. The van der Waals surface area contributed by atoms with Gasteiger partial charge in [0.25, 0.3) is 5.91 Å². The van der Waals surface area contributed by atoms with E-state index >= 15 is 0 Å². The average molecular weight is 589 g/mol. The summed E-state index contributed by atoms with van der Waals surface area (Å²) in [5.74, 6) is -1.82. The molecule has 3 aromatic carbocycles. The van der Waals surface area contributed by atoms with Gasteiger partial charge in [-0.3, -0.25) is 9.78 Å². The van der Waals surface area contributed by atoms with Crippen molar-refractivity contribution in [1.82, 2.24) is 10.3 Å². The van der Waals surface area contributed by atoms with Crippen molar-refractivity contribution in [2.24, 2.45) is 0 Å². The molecule has 1 heterocycles. The number of rotatable bonds is 12. The van der Waals surface area contributed by atoms with Gasteiger partial charge in [-0.25, -0.2) is 13.6 Å². The number of benzene rings is 3. The third kappa shape index (κ3) is 8.04. The lowest BCUT2D eigenvalue weighted by Crippen LogP contribution is -2.41. The molecule has 0 saturated heterocycles. The van der Waals surface area contributed by atoms with Gasteiger partial charge in [0.1, 0.15) is 30.0 Å². The summed E-state index contributed by atoms with van der Waals surface area (Å²) in [4.78, 5) is 29.2. The maximum absolute atomic E-state index is 13.6. The lowest BCUT2D eigenvalue weighted by Gasteiger charge is -2.17. The molecule has 0 saturated carbocycles. The molecule has 1 aromatic heterocycles. The minimum Gasteiger partial charge on any atom is -0.488 e. The van der Waals surface area contributed by atoms with Gasteiger partial charge in [0.15, 0.2) is 0 Å². The molecule has 0 radical (unpaired) electrons. The highest BCUT2D eigenvalue weighted by Gasteiger charge is 2.22. The lowest BCUT2D eigenvalue weighted by molar-refractivity contribution is -0.139. The van der Waals surface area contributed by atoms with Crippen LogP contribution < -0.4 is 10.1 Å². The molecule has 4 aromatic rings. The Hall–Kier alpha value is -4.50. The molecule has 1 unspecified atom stereocenters. The molecule has 0 spiro atoms. The number of halogens is 2. The van der Waals surface area contributed by atoms with Gasteiger partial charge in [-0.05, 0) is 89.6 Å². The third-order valence-electron chi connectivity index (χ3n) is 6.52. The summed E-state index contributed by atoms with van der Waals surface area (Å²) >= 11 is 1.52. The second-order valence-electron chi connectivity index (χ2n) is 9.58. The van der Waals surface area contributed by atoms with Crippen molar-refractivity contribution in [2.45, 2.75) is 26.0 Å². The summed E-state index contributed by atoms with van der Waals surface area (Å²) in [6.07, 6.45) is 9.01. The number of thioether (sulfide) groups is 1. The molecule has 0 aliphatic carbocycles. The van der Waals surface area contributed by atoms with Crippen LogP contribution in [0.1, 0.15) is 39.0 Å². The van der Waals surface area contributed by atoms with Gasteiger partial charge in [-0.2, -0.15) is 11.8 Å². The third-order valence-corrected chi connectivity index (χ3v) is 7.16. The molecule has 0 aliphatic heterocycles. The zero-order valence-corrected chi connectivity index (χ0v) is 24.0. The number of aliphatic carboxylic acids is 1. The molecule has 1 amide bonds. The number of carbonyl (C=O) groups excluding carboxylic acids is 1. The molecule has 216 valence electrons. The highest BCUT2D eigenvalue weighted by atomic mass is 32.2. The van der Waals surface area contributed by atoms with Gasteiger partial charge < -0.3 is 15.2 Å². The number of pyridine rings is 1. The SMILES string of the molecule is CSCCC(NC(=O)c1ccc(/C=C/c2cnccc2OCc2cc(F)cc(F)c2)cc1-c1ccccc1C)C(=O)O. The van der Waals surface area contributed by atoms with Crippen molar-refractivity contribution >= 4 is 35.8 Å². The zero-order chi connectivity index (χ0) is 30.1. The zero-order valence-electron chi connectivity index (χ0n) is 23.1. The summed E-state index contributed by atoms with van der Waals surface area (Å²) in [6.45, 7) is 1.91. The van der Waals surface area contributed by atoms with E-state index in [1.54, 1.807) is 36.7 Å². The first-order valence-electron chi connectivity index (χ1n) is 13.2. The van der Waals surface area contributed by atoms with Gasteiger partial charge >= 0.3 is 5.97 Å². The number of carboxylic acids is 1. The second-order valence-corrected chi connectivity index (χ2v) is 10.6. The standard InChI is InChI=1S/C33H30F2N2O4S/c1-21-5-3-4-6-27(21)29-17-22(8-10-28(29)32(38)37-30(33(39)40)12-14-42-2)7-9-24-19-36-13-11-31(24)41-20-23-15-25(34)18-26(35)16-23/h3-11,13,15-19,30H,12,14,20H2,1-2H3,(H,37,38)(H,39,40)/b9-7+. The predicted octanol–water partition coefficient (Wildman–Crippen LogP) is 7.02. The van der Waals surface area contributed by atoms with E-state index in [1.807, 2.05) is 49.6 Å². The Balaban J connectivity index is 1.62. The van der Waals surface area contributed by atoms with Crippen LogP contribution in [-0.2, 0) is 11.4 Å². The summed E-state index contributed by atoms with van der Waals surface area (Å²) in [5.41, 5.74) is 4.62. The van der Waals surface area contributed by atoms with Gasteiger partial charge in [-0.15, -0.1) is 0 Å². The molecule has 42 heavy (non-hydrogen) atoms. The number of ether oxygens (including phenoxy) is 1. The Morgan fingerprint density at radius 1 is 1.02 bits per heavy atom. The molecule has 4 rings (SSSR count). The molecule has 0 fully saturated rings. The van der Waals surface area contributed by atoms with Crippen LogP contribution in [0.5, 0.6) is 5.75 Å². The predicted molar refractivity (Wildman–Crippen MR) is 162 cm³/mol. The Bertz CT molecular complexity index is 1590. The number of hydrogen-bond donors (Lipinski definition) is 2. The number of nitrogens with zero attached hydrogens (tertiary/aromatic N) is 1. The minimum atomic E-state index is -1.08. The molecule has 1 atom stereocenters. The van der Waals surface area contributed by atoms with Crippen LogP contribution >= 0.6 is 11.8 Å². The topological polar surface area (TPSA) is 88.5 Å². The fraction of sp³-hybridized carbons (Fsp3) is 0.182. The average Bonchev–Trinajstić information content (AvgIpc) is 2.97. The fourth-order valence-corrected chi connectivity index (χ4v) is 4.85. The smallest absolute Gasteiger partial charge is 0.326 e. The largest absolute Gasteiger partial charge is 0.488 e. The van der Waals surface area contributed by atoms with Crippen molar-refractivity contribution in [3.05, 3.63) is 119 Å². The van der Waals surface area contributed by atoms with Crippen LogP contribution in [0.3, 0.4) is 0 Å². The molecule has 2 N–H and O–H groups in total. The van der Waals surface area contributed by atoms with E-state index in [-0.39, 0.29) is 6.61 Å². The van der Waals surface area contributed by atoms with E-state index in [2.05, 4.69) is 10.3 Å². The van der Waals surface area contributed by atoms with Crippen LogP contribution in [0.4, 0.5) is 8.78 Å². The van der Waals surface area contributed by atoms with E-state index in [0.29, 0.717) is 40.2 Å². The Kier molecular flexibility index (Phi) is 10.4. The number of amides is 1. The number of hydrogen-bond acceptors (Lipinski definition) is 5. The van der Waals surface area contributed by atoms with E-state index in [9.17, 15) is 23.5 Å². The first-order chi connectivity index (χ1) is 20.2. The van der Waals surface area contributed by atoms with E-state index in [0.717, 1.165) is 22.8 Å². The molecule has 0 aliphatic rings. The van der Waals surface area contributed by atoms with Crippen LogP contribution in [-0.4, -0.2) is 40.0 Å². The maximum atomic E-state index is 13.6. The van der Waals surface area contributed by atoms with Crippen LogP contribution in [0.25, 0.3) is 23.3 Å². The monoisotopic (exact) mass is 588 g/mol. The maximum Gasteiger partial charge on any atom is 0.326 e. The summed E-state index contributed by atoms with van der Waals surface area (Å²) in [7, 11) is 0. The normalized spacial score (nSPS) is 11.8. The minimum absolute atomic E-state index is 0.0327. The number of aromatic nitrogens is 1. The summed E-state index contributed by atoms with van der Waals surface area (Å²) in [6, 6.07) is 16.9. The highest BCUT2D eigenvalue weighted by Crippen LogP contribution is 2.30. The van der Waals surface area contributed by atoms with Gasteiger partial charge in [0.2, 0.25) is 0 Å². The second kappa shape index (κ2) is 14.4.